The highest BCUT2D eigenvalue weighted by molar-refractivity contribution is 5.76. The van der Waals surface area contributed by atoms with Crippen LogP contribution in [0, 0.1) is 5.92 Å². The van der Waals surface area contributed by atoms with E-state index in [1.165, 1.54) is 11.9 Å². The fourth-order valence-electron chi connectivity index (χ4n) is 3.62. The predicted octanol–water partition coefficient (Wildman–Crippen LogP) is 2.28. The van der Waals surface area contributed by atoms with Crippen molar-refractivity contribution in [2.45, 2.75) is 32.1 Å². The molecule has 0 bridgehead atoms. The van der Waals surface area contributed by atoms with Gasteiger partial charge in [0.2, 0.25) is 17.6 Å². The average molecular weight is 396 g/mol. The Morgan fingerprint density at radius 2 is 2.07 bits per heavy atom. The Balaban J connectivity index is 1.21. The Labute approximate surface area is 168 Å². The van der Waals surface area contributed by atoms with Crippen LogP contribution in [0.5, 0.6) is 5.75 Å². The lowest BCUT2D eigenvalue weighted by atomic mass is 9.90. The molecule has 1 aliphatic rings. The number of likely N-dealkylation sites (tertiary alicyclic amines) is 1. The maximum Gasteiger partial charge on any atom is 0.239 e. The van der Waals surface area contributed by atoms with E-state index >= 15 is 0 Å². The van der Waals surface area contributed by atoms with E-state index in [1.54, 1.807) is 7.11 Å². The third kappa shape index (κ3) is 4.79. The summed E-state index contributed by atoms with van der Waals surface area (Å²) in [6.07, 6.45) is 5.25. The van der Waals surface area contributed by atoms with E-state index < -0.39 is 0 Å². The molecular weight excluding hydrogens is 372 g/mol. The number of aromatic amines is 1. The molecule has 29 heavy (non-hydrogen) atoms. The van der Waals surface area contributed by atoms with Crippen molar-refractivity contribution in [1.29, 1.82) is 0 Å². The number of amides is 1. The van der Waals surface area contributed by atoms with Gasteiger partial charge >= 0.3 is 0 Å². The zero-order valence-electron chi connectivity index (χ0n) is 16.4. The van der Waals surface area contributed by atoms with Crippen LogP contribution in [0.1, 0.15) is 30.7 Å². The molecular formula is C20H24N6O3. The number of piperidine rings is 1. The first kappa shape index (κ1) is 19.1. The Morgan fingerprint density at radius 1 is 1.28 bits per heavy atom. The minimum Gasteiger partial charge on any atom is -0.497 e. The monoisotopic (exact) mass is 396 g/mol. The van der Waals surface area contributed by atoms with Crippen LogP contribution < -0.4 is 4.74 Å². The highest BCUT2D eigenvalue weighted by atomic mass is 16.5. The van der Waals surface area contributed by atoms with Gasteiger partial charge in [0.1, 0.15) is 12.1 Å². The van der Waals surface area contributed by atoms with Crippen molar-refractivity contribution < 1.29 is 14.1 Å². The number of H-pyrrole nitrogens is 1. The molecule has 1 N–H and O–H groups in total. The first-order valence-corrected chi connectivity index (χ1v) is 9.80. The third-order valence-corrected chi connectivity index (χ3v) is 5.30. The third-order valence-electron chi connectivity index (χ3n) is 5.30. The number of benzene rings is 1. The SMILES string of the molecule is COc1ccc(CC2CCN(C(=O)CCc3nc(-c4ncn[nH]4)no3)CC2)cc1. The molecule has 0 unspecified atom stereocenters. The van der Waals surface area contributed by atoms with Crippen LogP contribution in [0.2, 0.25) is 0 Å². The molecule has 1 aromatic carbocycles. The Morgan fingerprint density at radius 3 is 2.76 bits per heavy atom. The molecule has 0 spiro atoms. The lowest BCUT2D eigenvalue weighted by Crippen LogP contribution is -2.39. The minimum absolute atomic E-state index is 0.132. The van der Waals surface area contributed by atoms with Crippen molar-refractivity contribution in [2.24, 2.45) is 5.92 Å². The van der Waals surface area contributed by atoms with Gasteiger partial charge in [-0.3, -0.25) is 9.89 Å². The van der Waals surface area contributed by atoms with Crippen LogP contribution in [0.15, 0.2) is 35.1 Å². The maximum atomic E-state index is 12.5. The second-order valence-corrected chi connectivity index (χ2v) is 7.22. The molecule has 3 heterocycles. The average Bonchev–Trinajstić information content (AvgIpc) is 3.45. The number of aromatic nitrogens is 5. The summed E-state index contributed by atoms with van der Waals surface area (Å²) in [5, 5.41) is 10.3. The summed E-state index contributed by atoms with van der Waals surface area (Å²) < 4.78 is 10.4. The number of nitrogens with one attached hydrogen (secondary N) is 1. The van der Waals surface area contributed by atoms with Gasteiger partial charge in [-0.25, -0.2) is 4.98 Å². The summed E-state index contributed by atoms with van der Waals surface area (Å²) in [5.41, 5.74) is 1.31. The van der Waals surface area contributed by atoms with E-state index in [-0.39, 0.29) is 5.91 Å². The smallest absolute Gasteiger partial charge is 0.239 e. The van der Waals surface area contributed by atoms with Gasteiger partial charge < -0.3 is 14.2 Å². The number of hydrogen-bond acceptors (Lipinski definition) is 7. The van der Waals surface area contributed by atoms with Crippen LogP contribution in [0.4, 0.5) is 0 Å². The number of methoxy groups -OCH3 is 1. The molecule has 3 aromatic rings. The maximum absolute atomic E-state index is 12.5. The number of hydrogen-bond donors (Lipinski definition) is 1. The lowest BCUT2D eigenvalue weighted by molar-refractivity contribution is -0.132. The van der Waals surface area contributed by atoms with Gasteiger partial charge in [0.05, 0.1) is 7.11 Å². The normalized spacial score (nSPS) is 14.9. The first-order valence-electron chi connectivity index (χ1n) is 9.80. The van der Waals surface area contributed by atoms with Crippen LogP contribution >= 0.6 is 0 Å². The molecule has 0 aliphatic carbocycles. The molecule has 1 aliphatic heterocycles. The number of aryl methyl sites for hydroxylation is 1. The Bertz CT molecular complexity index is 914. The second-order valence-electron chi connectivity index (χ2n) is 7.22. The van der Waals surface area contributed by atoms with Gasteiger partial charge in [-0.05, 0) is 42.9 Å². The molecule has 9 nitrogen and oxygen atoms in total. The number of carbonyl (C=O) groups is 1. The highest BCUT2D eigenvalue weighted by Gasteiger charge is 2.23. The minimum atomic E-state index is 0.132. The van der Waals surface area contributed by atoms with E-state index in [0.29, 0.717) is 36.3 Å². The van der Waals surface area contributed by atoms with Crippen LogP contribution in [0.25, 0.3) is 11.6 Å². The van der Waals surface area contributed by atoms with E-state index in [0.717, 1.165) is 38.1 Å². The lowest BCUT2D eigenvalue weighted by Gasteiger charge is -2.32. The largest absolute Gasteiger partial charge is 0.497 e. The number of rotatable bonds is 7. The summed E-state index contributed by atoms with van der Waals surface area (Å²) in [7, 11) is 1.68. The van der Waals surface area contributed by atoms with Gasteiger partial charge in [0.25, 0.3) is 0 Å². The van der Waals surface area contributed by atoms with Crippen molar-refractivity contribution in [2.75, 3.05) is 20.2 Å². The molecule has 4 rings (SSSR count). The molecule has 0 atom stereocenters. The van der Waals surface area contributed by atoms with Crippen molar-refractivity contribution >= 4 is 5.91 Å². The topological polar surface area (TPSA) is 110 Å². The highest BCUT2D eigenvalue weighted by Crippen LogP contribution is 2.23. The molecule has 1 saturated heterocycles. The van der Waals surface area contributed by atoms with Crippen molar-refractivity contribution in [1.82, 2.24) is 30.2 Å². The summed E-state index contributed by atoms with van der Waals surface area (Å²) >= 11 is 0. The van der Waals surface area contributed by atoms with Gasteiger partial charge in [-0.1, -0.05) is 17.3 Å². The zero-order chi connectivity index (χ0) is 20.1. The zero-order valence-corrected chi connectivity index (χ0v) is 16.4. The van der Waals surface area contributed by atoms with Crippen molar-refractivity contribution in [3.8, 4) is 17.4 Å². The van der Waals surface area contributed by atoms with Gasteiger partial charge in [0, 0.05) is 25.9 Å². The fraction of sp³-hybridized carbons (Fsp3) is 0.450. The van der Waals surface area contributed by atoms with E-state index in [4.69, 9.17) is 9.26 Å². The molecule has 2 aromatic heterocycles. The van der Waals surface area contributed by atoms with Crippen LogP contribution in [-0.4, -0.2) is 56.3 Å². The van der Waals surface area contributed by atoms with E-state index in [9.17, 15) is 4.79 Å². The summed E-state index contributed by atoms with van der Waals surface area (Å²) in [6, 6.07) is 8.24. The molecule has 1 fully saturated rings. The second kappa shape index (κ2) is 8.85. The molecule has 0 radical (unpaired) electrons. The van der Waals surface area contributed by atoms with E-state index in [1.807, 2.05) is 17.0 Å². The predicted molar refractivity (Wildman–Crippen MR) is 104 cm³/mol. The van der Waals surface area contributed by atoms with Crippen LogP contribution in [0.3, 0.4) is 0 Å². The number of nitrogens with zero attached hydrogens (tertiary/aromatic N) is 5. The van der Waals surface area contributed by atoms with E-state index in [2.05, 4.69) is 37.5 Å². The molecule has 1 amide bonds. The van der Waals surface area contributed by atoms with Crippen molar-refractivity contribution in [3.63, 3.8) is 0 Å². The standard InChI is InChI=1S/C20H24N6O3/c1-28-16-4-2-14(3-5-16)12-15-8-10-26(11-9-15)18(27)7-6-17-23-20(25-29-17)19-21-13-22-24-19/h2-5,13,15H,6-12H2,1H3,(H,21,22,24). The van der Waals surface area contributed by atoms with Crippen molar-refractivity contribution in [3.05, 3.63) is 42.0 Å². The Kier molecular flexibility index (Phi) is 5.83. The summed E-state index contributed by atoms with van der Waals surface area (Å²) in [4.78, 5) is 22.7. The van der Waals surface area contributed by atoms with Gasteiger partial charge in [-0.2, -0.15) is 10.1 Å². The van der Waals surface area contributed by atoms with Gasteiger partial charge in [0.15, 0.2) is 5.82 Å². The molecule has 0 saturated carbocycles. The summed E-state index contributed by atoms with van der Waals surface area (Å²) in [6.45, 7) is 1.60. The molecule has 152 valence electrons. The quantitative estimate of drug-likeness (QED) is 0.652. The summed E-state index contributed by atoms with van der Waals surface area (Å²) in [5.74, 6) is 2.84. The Hall–Kier alpha value is -3.23. The fourth-order valence-corrected chi connectivity index (χ4v) is 3.62. The molecule has 9 heteroatoms. The number of ether oxygens (including phenoxy) is 1. The van der Waals surface area contributed by atoms with Gasteiger partial charge in [-0.15, -0.1) is 0 Å². The van der Waals surface area contributed by atoms with Crippen LogP contribution in [-0.2, 0) is 17.6 Å². The number of carbonyl (C=O) groups excluding carboxylic acids is 1. The first-order chi connectivity index (χ1) is 14.2.